The Bertz CT molecular complexity index is 6170. The van der Waals surface area contributed by atoms with Gasteiger partial charge in [0.15, 0.2) is 0 Å². The zero-order valence-electron chi connectivity index (χ0n) is 56.1. The topological polar surface area (TPSA) is 26.3 Å². The zero-order valence-corrected chi connectivity index (χ0v) is 56.1. The lowest BCUT2D eigenvalue weighted by Gasteiger charge is -2.22. The molecule has 2 atom stereocenters. The van der Waals surface area contributed by atoms with Gasteiger partial charge in [0.1, 0.15) is 22.3 Å². The molecule has 2 unspecified atom stereocenters. The van der Waals surface area contributed by atoms with E-state index in [4.69, 9.17) is 8.83 Å². The van der Waals surface area contributed by atoms with E-state index in [0.717, 1.165) is 43.9 Å². The Labute approximate surface area is 594 Å². The summed E-state index contributed by atoms with van der Waals surface area (Å²) in [5.41, 5.74) is 28.3. The van der Waals surface area contributed by atoms with E-state index in [9.17, 15) is 0 Å². The van der Waals surface area contributed by atoms with Crippen molar-refractivity contribution in [2.24, 2.45) is 0 Å². The van der Waals surface area contributed by atoms with Gasteiger partial charge >= 0.3 is 0 Å². The first-order valence-corrected chi connectivity index (χ1v) is 35.1. The largest absolute Gasteiger partial charge is 0.456 e. The van der Waals surface area contributed by atoms with Gasteiger partial charge < -0.3 is 8.83 Å². The van der Waals surface area contributed by atoms with Gasteiger partial charge in [-0.1, -0.05) is 358 Å². The van der Waals surface area contributed by atoms with E-state index in [1.165, 1.54) is 133 Å². The van der Waals surface area contributed by atoms with Gasteiger partial charge in [-0.2, -0.15) is 0 Å². The van der Waals surface area contributed by atoms with E-state index in [0.29, 0.717) is 0 Å². The minimum absolute atomic E-state index is 0.0608. The third kappa shape index (κ3) is 12.0. The molecule has 2 nitrogen and oxygen atoms in total. The second-order valence-corrected chi connectivity index (χ2v) is 26.6. The van der Waals surface area contributed by atoms with Gasteiger partial charge in [0.25, 0.3) is 0 Å². The number of hydrogen-bond acceptors (Lipinski definition) is 2. The van der Waals surface area contributed by atoms with Crippen molar-refractivity contribution in [2.45, 2.75) is 11.8 Å². The number of furan rings is 2. The maximum Gasteiger partial charge on any atom is 0.135 e. The molecule has 480 valence electrons. The number of fused-ring (bicyclic) bond motifs is 8. The molecule has 2 heteroatoms. The predicted molar refractivity (Wildman–Crippen MR) is 428 cm³/mol. The minimum Gasteiger partial charge on any atom is -0.456 e. The van der Waals surface area contributed by atoms with Crippen LogP contribution in [0.25, 0.3) is 143 Å². The number of rotatable bonds is 13. The van der Waals surface area contributed by atoms with Crippen molar-refractivity contribution < 1.29 is 8.83 Å². The van der Waals surface area contributed by atoms with Crippen LogP contribution in [0.1, 0.15) is 45.2 Å². The molecule has 0 aliphatic rings. The molecule has 0 radical (unpaired) electrons. The van der Waals surface area contributed by atoms with Crippen LogP contribution in [-0.4, -0.2) is 0 Å². The molecule has 2 heterocycles. The summed E-state index contributed by atoms with van der Waals surface area (Å²) in [4.78, 5) is 0. The van der Waals surface area contributed by atoms with Crippen LogP contribution in [-0.2, 0) is 0 Å². The quantitative estimate of drug-likeness (QED) is 0.108. The van der Waals surface area contributed by atoms with Crippen molar-refractivity contribution in [1.82, 2.24) is 0 Å². The molecule has 0 saturated heterocycles. The van der Waals surface area contributed by atoms with Crippen molar-refractivity contribution in [1.29, 1.82) is 0 Å². The molecule has 0 aliphatic heterocycles. The SMILES string of the molecule is c1ccc(-c2ccc(-c3ccc(C(c4ccc(-c5ccc6oc7ccccc7c6c5)cc4)c4cccc5ccccc45)cc3)cc2)cc1.c1ccc(-c2cccc(-c3ccc(C(c4ccc(-c5ccc6oc7ccccc7c6c5)cc4)c4ccc(-c5cccc6ccccc56)cc4)cc3)c2)cc1. The fourth-order valence-corrected chi connectivity index (χ4v) is 15.2. The van der Waals surface area contributed by atoms with Gasteiger partial charge in [0, 0.05) is 33.4 Å². The summed E-state index contributed by atoms with van der Waals surface area (Å²) < 4.78 is 12.2. The normalized spacial score (nSPS) is 12.0. The molecule has 0 saturated carbocycles. The number of para-hydroxylation sites is 2. The summed E-state index contributed by atoms with van der Waals surface area (Å²) in [5, 5.41) is 9.66. The predicted octanol–water partition coefficient (Wildman–Crippen LogP) is 27.5. The lowest BCUT2D eigenvalue weighted by Crippen LogP contribution is -2.04. The summed E-state index contributed by atoms with van der Waals surface area (Å²) in [6.45, 7) is 0. The highest BCUT2D eigenvalue weighted by molar-refractivity contribution is 6.07. The van der Waals surface area contributed by atoms with E-state index in [1.54, 1.807) is 0 Å². The van der Waals surface area contributed by atoms with Gasteiger partial charge in [0.2, 0.25) is 0 Å². The van der Waals surface area contributed by atoms with Crippen LogP contribution in [0.2, 0.25) is 0 Å². The lowest BCUT2D eigenvalue weighted by molar-refractivity contribution is 0.668. The summed E-state index contributed by atoms with van der Waals surface area (Å²) in [5.74, 6) is 0.144. The number of benzene rings is 17. The summed E-state index contributed by atoms with van der Waals surface area (Å²) in [6.07, 6.45) is 0. The first-order chi connectivity index (χ1) is 50.5. The van der Waals surface area contributed by atoms with E-state index in [1.807, 2.05) is 24.3 Å². The molecule has 2 aromatic heterocycles. The van der Waals surface area contributed by atoms with E-state index in [2.05, 4.69) is 376 Å². The lowest BCUT2D eigenvalue weighted by atomic mass is 9.82. The van der Waals surface area contributed by atoms with E-state index < -0.39 is 0 Å². The van der Waals surface area contributed by atoms with Gasteiger partial charge in [0.05, 0.1) is 0 Å². The Hall–Kier alpha value is -13.1. The van der Waals surface area contributed by atoms with Crippen LogP contribution in [0.4, 0.5) is 0 Å². The molecule has 19 rings (SSSR count). The van der Waals surface area contributed by atoms with Crippen LogP contribution >= 0.6 is 0 Å². The third-order valence-corrected chi connectivity index (χ3v) is 20.5. The molecule has 0 aliphatic carbocycles. The Morgan fingerprint density at radius 1 is 0.157 bits per heavy atom. The zero-order chi connectivity index (χ0) is 67.7. The molecule has 0 N–H and O–H groups in total. The highest BCUT2D eigenvalue weighted by Crippen LogP contribution is 2.42. The summed E-state index contributed by atoms with van der Waals surface area (Å²) in [6, 6.07) is 145. The average Bonchev–Trinajstić information content (AvgIpc) is 1.34. The van der Waals surface area contributed by atoms with Gasteiger partial charge in [-0.15, -0.1) is 0 Å². The molecule has 17 aromatic carbocycles. The molecule has 102 heavy (non-hydrogen) atoms. The van der Waals surface area contributed by atoms with Crippen LogP contribution < -0.4 is 0 Å². The second kappa shape index (κ2) is 26.9. The fourth-order valence-electron chi connectivity index (χ4n) is 15.2. The molecular formula is C100H68O2. The van der Waals surface area contributed by atoms with Crippen molar-refractivity contribution >= 4 is 65.4 Å². The molecule has 19 aromatic rings. The molecular weight excluding hydrogens is 1230 g/mol. The van der Waals surface area contributed by atoms with Gasteiger partial charge in [-0.05, 0) is 175 Å². The second-order valence-electron chi connectivity index (χ2n) is 26.6. The van der Waals surface area contributed by atoms with Crippen molar-refractivity contribution in [3.05, 3.63) is 434 Å². The van der Waals surface area contributed by atoms with Gasteiger partial charge in [-0.3, -0.25) is 0 Å². The highest BCUT2D eigenvalue weighted by atomic mass is 16.3. The Morgan fingerprint density at radius 2 is 0.441 bits per heavy atom. The smallest absolute Gasteiger partial charge is 0.135 e. The molecule has 0 spiro atoms. The van der Waals surface area contributed by atoms with Crippen LogP contribution in [0, 0.1) is 0 Å². The Kier molecular flexibility index (Phi) is 16.2. The first kappa shape index (κ1) is 61.2. The monoisotopic (exact) mass is 1300 g/mol. The average molecular weight is 1300 g/mol. The highest BCUT2D eigenvalue weighted by Gasteiger charge is 2.22. The Balaban J connectivity index is 0.000000147. The number of hydrogen-bond donors (Lipinski definition) is 0. The van der Waals surface area contributed by atoms with Crippen LogP contribution in [0.5, 0.6) is 0 Å². The van der Waals surface area contributed by atoms with E-state index in [-0.39, 0.29) is 11.8 Å². The Morgan fingerprint density at radius 3 is 0.912 bits per heavy atom. The maximum atomic E-state index is 6.11. The fraction of sp³-hybridized carbons (Fsp3) is 0.0200. The third-order valence-electron chi connectivity index (χ3n) is 20.5. The van der Waals surface area contributed by atoms with Crippen molar-refractivity contribution in [3.8, 4) is 77.9 Å². The van der Waals surface area contributed by atoms with Crippen molar-refractivity contribution in [2.75, 3.05) is 0 Å². The minimum atomic E-state index is 0.0608. The van der Waals surface area contributed by atoms with Gasteiger partial charge in [-0.25, -0.2) is 0 Å². The molecule has 0 fully saturated rings. The first-order valence-electron chi connectivity index (χ1n) is 35.1. The maximum absolute atomic E-state index is 6.11. The molecule has 0 amide bonds. The van der Waals surface area contributed by atoms with E-state index >= 15 is 0 Å². The van der Waals surface area contributed by atoms with Crippen molar-refractivity contribution in [3.63, 3.8) is 0 Å². The molecule has 0 bridgehead atoms. The standard InChI is InChI=1S/C53H36O.C47H32O/c1-2-10-36(11-3-1)44-14-8-15-45(34-44)37-20-26-41(27-21-37)53(43-30-24-40(25-31-43)48-18-9-13-39-12-4-5-16-47(39)48)42-28-22-38(23-29-42)46-32-33-52-50(35-46)49-17-6-7-19-51(49)54-52;1-2-9-32(10-3-1)33-17-19-34(20-18-33)35-21-25-38(26-22-35)47(43-15-8-12-37-11-4-5-13-41(37)43)39-27-23-36(24-28-39)40-29-30-46-44(31-40)42-14-6-7-16-45(42)48-46/h1-35,53H;1-31,47H. The summed E-state index contributed by atoms with van der Waals surface area (Å²) >= 11 is 0. The van der Waals surface area contributed by atoms with Crippen LogP contribution in [0.3, 0.4) is 0 Å². The van der Waals surface area contributed by atoms with Crippen LogP contribution in [0.15, 0.2) is 409 Å². The summed E-state index contributed by atoms with van der Waals surface area (Å²) in [7, 11) is 0.